The number of carboxylic acids is 2. The van der Waals surface area contributed by atoms with Gasteiger partial charge in [-0.25, -0.2) is 9.59 Å². The number of aromatic nitrogens is 2. The van der Waals surface area contributed by atoms with Crippen LogP contribution in [0.5, 0.6) is 0 Å². The molecule has 0 saturated carbocycles. The second-order valence-corrected chi connectivity index (χ2v) is 12.4. The summed E-state index contributed by atoms with van der Waals surface area (Å²) in [6.07, 6.45) is 0.475. The van der Waals surface area contributed by atoms with Gasteiger partial charge in [0.05, 0.1) is 11.0 Å². The molecule has 4 aromatic rings. The van der Waals surface area contributed by atoms with Crippen molar-refractivity contribution in [1.82, 2.24) is 19.8 Å². The molecule has 4 N–H and O–H groups in total. The van der Waals surface area contributed by atoms with Crippen molar-refractivity contribution in [2.24, 2.45) is 0 Å². The number of carboxylic acid groups (broad SMARTS) is 2. The Labute approximate surface area is 282 Å². The van der Waals surface area contributed by atoms with Crippen LogP contribution in [0, 0.1) is 0 Å². The van der Waals surface area contributed by atoms with Gasteiger partial charge < -0.3 is 30.2 Å². The number of hydrogen-bond acceptors (Lipinski definition) is 10. The van der Waals surface area contributed by atoms with Crippen LogP contribution in [-0.2, 0) is 9.59 Å². The number of aliphatic hydroxyl groups excluding tert-OH is 2. The first kappa shape index (κ1) is 34.6. The molecule has 4 heterocycles. The van der Waals surface area contributed by atoms with E-state index in [1.54, 1.807) is 0 Å². The van der Waals surface area contributed by atoms with Crippen molar-refractivity contribution >= 4 is 68.3 Å². The predicted molar refractivity (Wildman–Crippen MR) is 183 cm³/mol. The van der Waals surface area contributed by atoms with Crippen molar-refractivity contribution in [3.05, 3.63) is 71.0 Å². The average molecular weight is 686 g/mol. The summed E-state index contributed by atoms with van der Waals surface area (Å²) in [4.78, 5) is 38.7. The van der Waals surface area contributed by atoms with E-state index in [1.165, 1.54) is 28.6 Å². The number of nitrogens with zero attached hydrogens (tertiary/aromatic N) is 6. The van der Waals surface area contributed by atoms with Crippen LogP contribution in [0.1, 0.15) is 6.42 Å². The molecule has 0 amide bonds. The number of aliphatic carboxylic acids is 2. The van der Waals surface area contributed by atoms with Gasteiger partial charge >= 0.3 is 11.9 Å². The molecule has 2 saturated heterocycles. The highest BCUT2D eigenvalue weighted by Gasteiger charge is 2.29. The minimum Gasteiger partial charge on any atom is -0.479 e. The molecule has 2 fully saturated rings. The Morgan fingerprint density at radius 1 is 0.638 bits per heavy atom. The van der Waals surface area contributed by atoms with Crippen LogP contribution in [-0.4, -0.2) is 130 Å². The van der Waals surface area contributed by atoms with Gasteiger partial charge in [0.2, 0.25) is 0 Å². The summed E-state index contributed by atoms with van der Waals surface area (Å²) in [7, 11) is 0. The first-order chi connectivity index (χ1) is 22.6. The third kappa shape index (κ3) is 8.78. The van der Waals surface area contributed by atoms with Gasteiger partial charge in [-0.3, -0.25) is 19.8 Å². The van der Waals surface area contributed by atoms with Gasteiger partial charge in [0.25, 0.3) is 0 Å². The van der Waals surface area contributed by atoms with Gasteiger partial charge in [-0.2, -0.15) is 0 Å². The van der Waals surface area contributed by atoms with Crippen LogP contribution in [0.3, 0.4) is 0 Å². The number of rotatable bonds is 9. The van der Waals surface area contributed by atoms with E-state index in [4.69, 9.17) is 43.6 Å². The highest BCUT2D eigenvalue weighted by Crippen LogP contribution is 2.29. The predicted octanol–water partition coefficient (Wildman–Crippen LogP) is 3.30. The molecule has 0 aliphatic carbocycles. The van der Waals surface area contributed by atoms with E-state index >= 15 is 0 Å². The lowest BCUT2D eigenvalue weighted by Crippen LogP contribution is -2.48. The first-order valence-corrected chi connectivity index (χ1v) is 16.2. The van der Waals surface area contributed by atoms with Crippen LogP contribution in [0.25, 0.3) is 21.8 Å². The van der Waals surface area contributed by atoms with Gasteiger partial charge in [0, 0.05) is 96.9 Å². The summed E-state index contributed by atoms with van der Waals surface area (Å²) in [6, 6.07) is 16.3. The average Bonchev–Trinajstić information content (AvgIpc) is 3.07. The maximum absolute atomic E-state index is 9.77. The second kappa shape index (κ2) is 15.9. The third-order valence-electron chi connectivity index (χ3n) is 8.54. The lowest BCUT2D eigenvalue weighted by atomic mass is 10.1. The largest absolute Gasteiger partial charge is 0.479 e. The van der Waals surface area contributed by atoms with Gasteiger partial charge in [-0.05, 0) is 68.0 Å². The molecule has 0 spiro atoms. The minimum atomic E-state index is -2.27. The van der Waals surface area contributed by atoms with Crippen LogP contribution in [0.4, 0.5) is 11.4 Å². The van der Waals surface area contributed by atoms with Crippen LogP contribution >= 0.6 is 23.2 Å². The number of halogens is 2. The zero-order valence-corrected chi connectivity index (χ0v) is 27.3. The number of fused-ring (bicyclic) bond motifs is 2. The van der Waals surface area contributed by atoms with E-state index in [0.29, 0.717) is 0 Å². The highest BCUT2D eigenvalue weighted by molar-refractivity contribution is 6.31. The molecular formula is C33H38Cl2N6O6. The van der Waals surface area contributed by atoms with E-state index in [1.807, 2.05) is 36.7 Å². The van der Waals surface area contributed by atoms with Gasteiger partial charge in [0.15, 0.2) is 12.2 Å². The number of pyridine rings is 2. The van der Waals surface area contributed by atoms with Crippen molar-refractivity contribution in [3.63, 3.8) is 0 Å². The molecule has 2 aromatic carbocycles. The van der Waals surface area contributed by atoms with E-state index in [0.717, 1.165) is 86.5 Å². The van der Waals surface area contributed by atoms with Crippen molar-refractivity contribution in [3.8, 4) is 0 Å². The smallest absolute Gasteiger partial charge is 0.335 e. The van der Waals surface area contributed by atoms with Gasteiger partial charge in [0.1, 0.15) is 0 Å². The maximum atomic E-state index is 9.77. The fourth-order valence-corrected chi connectivity index (χ4v) is 6.31. The van der Waals surface area contributed by atoms with Crippen LogP contribution < -0.4 is 9.80 Å². The Hall–Kier alpha value is -3.78. The Morgan fingerprint density at radius 2 is 1.02 bits per heavy atom. The molecule has 12 nitrogen and oxygen atoms in total. The summed E-state index contributed by atoms with van der Waals surface area (Å²) in [5.41, 5.74) is 4.47. The SMILES string of the molecule is Clc1ccc2c(N3CCN(CCCN4CCN(c5ccnc6cc(Cl)ccc56)CC4)CC3)ccnc2c1.O=C(O)C(O)C(O)C(=O)O. The summed E-state index contributed by atoms with van der Waals surface area (Å²) in [5.74, 6) is -3.54. The molecule has 2 atom stereocenters. The molecule has 2 aliphatic heterocycles. The van der Waals surface area contributed by atoms with Crippen molar-refractivity contribution in [2.75, 3.05) is 75.2 Å². The Balaban J connectivity index is 0.000000378. The van der Waals surface area contributed by atoms with Gasteiger partial charge in [-0.15, -0.1) is 0 Å². The molecule has 6 rings (SSSR count). The fourth-order valence-electron chi connectivity index (χ4n) is 5.98. The summed E-state index contributed by atoms with van der Waals surface area (Å²) in [5, 5.41) is 36.4. The van der Waals surface area contributed by atoms with E-state index in [2.05, 4.69) is 53.8 Å². The zero-order valence-electron chi connectivity index (χ0n) is 25.8. The number of carbonyl (C=O) groups is 2. The Kier molecular flexibility index (Phi) is 11.7. The van der Waals surface area contributed by atoms with Crippen molar-refractivity contribution in [1.29, 1.82) is 0 Å². The molecule has 2 aromatic heterocycles. The fraction of sp³-hybridized carbons (Fsp3) is 0.394. The molecule has 2 aliphatic rings. The van der Waals surface area contributed by atoms with E-state index in [-0.39, 0.29) is 0 Å². The highest BCUT2D eigenvalue weighted by atomic mass is 35.5. The lowest BCUT2D eigenvalue weighted by Gasteiger charge is -2.38. The Morgan fingerprint density at radius 3 is 1.38 bits per heavy atom. The first-order valence-electron chi connectivity index (χ1n) is 15.5. The number of benzene rings is 2. The van der Waals surface area contributed by atoms with E-state index in [9.17, 15) is 9.59 Å². The summed E-state index contributed by atoms with van der Waals surface area (Å²) < 4.78 is 0. The third-order valence-corrected chi connectivity index (χ3v) is 9.01. The molecule has 47 heavy (non-hydrogen) atoms. The topological polar surface area (TPSA) is 154 Å². The molecular weight excluding hydrogens is 647 g/mol. The molecule has 0 radical (unpaired) electrons. The standard InChI is InChI=1S/C29H32Cl2N6.C4H6O6/c30-22-2-4-24-26(20-22)32-8-6-28(24)36-16-12-34(13-17-36)10-1-11-35-14-18-37(19-15-35)29-7-9-33-27-21-23(31)3-5-25(27)29;5-1(3(7)8)2(6)4(9)10/h2-9,20-21H,1,10-19H2;1-2,5-6H,(H,7,8)(H,9,10). The molecule has 250 valence electrons. The monoisotopic (exact) mass is 684 g/mol. The quantitative estimate of drug-likeness (QED) is 0.205. The van der Waals surface area contributed by atoms with E-state index < -0.39 is 24.1 Å². The second-order valence-electron chi connectivity index (χ2n) is 11.6. The van der Waals surface area contributed by atoms with Crippen molar-refractivity contribution in [2.45, 2.75) is 18.6 Å². The van der Waals surface area contributed by atoms with Crippen molar-refractivity contribution < 1.29 is 30.0 Å². The molecule has 0 bridgehead atoms. The number of hydrogen-bond donors (Lipinski definition) is 4. The number of aliphatic hydroxyl groups is 2. The maximum Gasteiger partial charge on any atom is 0.335 e. The summed E-state index contributed by atoms with van der Waals surface area (Å²) in [6.45, 7) is 10.9. The number of piperazine rings is 2. The number of anilines is 2. The normalized spacial score (nSPS) is 17.3. The van der Waals surface area contributed by atoms with Crippen LogP contribution in [0.15, 0.2) is 60.9 Å². The minimum absolute atomic E-state index is 0.736. The summed E-state index contributed by atoms with van der Waals surface area (Å²) >= 11 is 12.3. The molecule has 2 unspecified atom stereocenters. The lowest BCUT2D eigenvalue weighted by molar-refractivity contribution is -0.165. The van der Waals surface area contributed by atoms with Crippen LogP contribution in [0.2, 0.25) is 10.0 Å². The zero-order chi connectivity index (χ0) is 33.5. The Bertz CT molecular complexity index is 1570. The van der Waals surface area contributed by atoms with Gasteiger partial charge in [-0.1, -0.05) is 23.2 Å². The molecule has 14 heteroatoms.